The van der Waals surface area contributed by atoms with Crippen LogP contribution < -0.4 is 24.6 Å². The van der Waals surface area contributed by atoms with Gasteiger partial charge >= 0.3 is 11.9 Å². The van der Waals surface area contributed by atoms with Crippen LogP contribution in [0.3, 0.4) is 0 Å². The number of hydrogen-bond donors (Lipinski definition) is 2. The topological polar surface area (TPSA) is 185 Å². The van der Waals surface area contributed by atoms with Gasteiger partial charge in [0.1, 0.15) is 32.8 Å². The fourth-order valence-corrected chi connectivity index (χ4v) is 8.26. The van der Waals surface area contributed by atoms with Crippen LogP contribution in [0.2, 0.25) is 0 Å². The molecular weight excluding hydrogens is 727 g/mol. The lowest BCUT2D eigenvalue weighted by molar-refractivity contribution is -0.140. The van der Waals surface area contributed by atoms with Gasteiger partial charge in [-0.05, 0) is 41.8 Å². The second kappa shape index (κ2) is 14.8. The molecule has 0 saturated carbocycles. The van der Waals surface area contributed by atoms with E-state index >= 15 is 0 Å². The van der Waals surface area contributed by atoms with Gasteiger partial charge in [-0.1, -0.05) is 66.5 Å². The van der Waals surface area contributed by atoms with Crippen LogP contribution in [0.1, 0.15) is 12.0 Å². The van der Waals surface area contributed by atoms with Gasteiger partial charge in [0.15, 0.2) is 5.69 Å². The van der Waals surface area contributed by atoms with E-state index in [2.05, 4.69) is 4.85 Å². The number of amides is 1. The Morgan fingerprint density at radius 3 is 2.38 bits per heavy atom. The Morgan fingerprint density at radius 1 is 1.04 bits per heavy atom. The molecule has 0 atom stereocenters. The van der Waals surface area contributed by atoms with Crippen LogP contribution in [0.15, 0.2) is 71.3 Å². The maximum absolute atomic E-state index is 13.7. The van der Waals surface area contributed by atoms with Crippen molar-refractivity contribution in [1.82, 2.24) is 9.47 Å². The first-order valence-electron chi connectivity index (χ1n) is 14.5. The summed E-state index contributed by atoms with van der Waals surface area (Å²) in [6.07, 6.45) is 5.02. The number of carbonyl (C=O) groups is 3. The minimum Gasteiger partial charge on any atom is -0.748 e. The number of rotatable bonds is 11. The highest BCUT2D eigenvalue weighted by atomic mass is 32.2. The number of fused-ring (bicyclic) bond motifs is 1. The van der Waals surface area contributed by atoms with E-state index in [0.29, 0.717) is 28.3 Å². The number of thiazole rings is 1. The summed E-state index contributed by atoms with van der Waals surface area (Å²) in [4.78, 5) is 58.0. The van der Waals surface area contributed by atoms with Crippen LogP contribution in [0.4, 0.5) is 17.1 Å². The number of carboxylic acid groups (broad SMARTS) is 2. The number of thiocarbonyl (C=S) groups is 1. The van der Waals surface area contributed by atoms with E-state index in [9.17, 15) is 42.4 Å². The minimum atomic E-state index is -4.47. The molecular formula is C32H26N5O9S4-. The van der Waals surface area contributed by atoms with E-state index in [-0.39, 0.29) is 31.4 Å². The van der Waals surface area contributed by atoms with E-state index < -0.39 is 52.4 Å². The van der Waals surface area contributed by atoms with Crippen molar-refractivity contribution >= 4 is 101 Å². The second-order valence-electron chi connectivity index (χ2n) is 10.8. The number of aromatic nitrogens is 1. The Kier molecular flexibility index (Phi) is 10.7. The summed E-state index contributed by atoms with van der Waals surface area (Å²) in [5, 5.41) is 18.8. The minimum absolute atomic E-state index is 0.0146. The summed E-state index contributed by atoms with van der Waals surface area (Å²) in [5.74, 6) is -3.39. The average molecular weight is 753 g/mol. The van der Waals surface area contributed by atoms with E-state index in [1.807, 2.05) is 4.90 Å². The number of carbonyl (C=O) groups excluding carboxylic acids is 1. The molecule has 0 spiro atoms. The quantitative estimate of drug-likeness (QED) is 0.165. The third-order valence-electron chi connectivity index (χ3n) is 7.48. The van der Waals surface area contributed by atoms with Crippen molar-refractivity contribution < 1.29 is 37.6 Å². The number of hydrogen-bond acceptors (Lipinski definition) is 12. The fraction of sp³-hybridized carbons (Fsp3) is 0.188. The predicted octanol–water partition coefficient (Wildman–Crippen LogP) is 2.20. The Labute approximate surface area is 298 Å². The molecule has 18 heteroatoms. The van der Waals surface area contributed by atoms with Crippen molar-refractivity contribution in [3.8, 4) is 0 Å². The van der Waals surface area contributed by atoms with Crippen LogP contribution in [0, 0.1) is 6.57 Å². The van der Waals surface area contributed by atoms with Crippen molar-refractivity contribution in [2.24, 2.45) is 0 Å². The first-order chi connectivity index (χ1) is 23.7. The molecule has 0 aliphatic carbocycles. The van der Waals surface area contributed by atoms with Gasteiger partial charge in [0, 0.05) is 19.3 Å². The van der Waals surface area contributed by atoms with Crippen LogP contribution in [-0.4, -0.2) is 80.7 Å². The third kappa shape index (κ3) is 7.87. The van der Waals surface area contributed by atoms with E-state index in [1.165, 1.54) is 0 Å². The monoisotopic (exact) mass is 752 g/mol. The molecule has 14 nitrogen and oxygen atoms in total. The first-order valence-corrected chi connectivity index (χ1v) is 18.2. The number of thioether (sulfide) groups is 1. The summed E-state index contributed by atoms with van der Waals surface area (Å²) in [5.41, 5.74) is 2.23. The average Bonchev–Trinajstić information content (AvgIpc) is 3.61. The molecule has 2 N–H and O–H groups in total. The summed E-state index contributed by atoms with van der Waals surface area (Å²) < 4.78 is 35.1. The molecule has 258 valence electrons. The molecule has 1 amide bonds. The molecule has 2 aromatic carbocycles. The molecule has 50 heavy (non-hydrogen) atoms. The molecule has 3 aromatic rings. The van der Waals surface area contributed by atoms with Crippen LogP contribution in [0.5, 0.6) is 0 Å². The molecule has 1 saturated heterocycles. The number of anilines is 2. The molecule has 0 radical (unpaired) electrons. The smallest absolute Gasteiger partial charge is 0.323 e. The molecule has 0 unspecified atom stereocenters. The summed E-state index contributed by atoms with van der Waals surface area (Å²) >= 11 is 6.85. The normalized spacial score (nSPS) is 17.1. The zero-order valence-corrected chi connectivity index (χ0v) is 29.3. The summed E-state index contributed by atoms with van der Waals surface area (Å²) in [6.45, 7) is 6.13. The van der Waals surface area contributed by atoms with E-state index in [0.717, 1.165) is 38.3 Å². The van der Waals surface area contributed by atoms with Gasteiger partial charge in [-0.25, -0.2) is 13.3 Å². The van der Waals surface area contributed by atoms with Gasteiger partial charge in [-0.3, -0.25) is 28.6 Å². The Bertz CT molecular complexity index is 2320. The van der Waals surface area contributed by atoms with Crippen LogP contribution in [-0.2, 0) is 31.0 Å². The molecule has 2 aliphatic heterocycles. The van der Waals surface area contributed by atoms with Crippen LogP contribution >= 0.6 is 35.3 Å². The highest BCUT2D eigenvalue weighted by molar-refractivity contribution is 8.30. The number of benzene rings is 2. The highest BCUT2D eigenvalue weighted by Gasteiger charge is 2.35. The van der Waals surface area contributed by atoms with Gasteiger partial charge in [0.25, 0.3) is 11.5 Å². The van der Waals surface area contributed by atoms with Crippen molar-refractivity contribution in [2.75, 3.05) is 35.7 Å². The molecule has 5 rings (SSSR count). The van der Waals surface area contributed by atoms with Gasteiger partial charge in [-0.2, -0.15) is 0 Å². The highest BCUT2D eigenvalue weighted by Crippen LogP contribution is 2.43. The molecule has 1 aromatic heterocycles. The Morgan fingerprint density at radius 2 is 1.74 bits per heavy atom. The van der Waals surface area contributed by atoms with Crippen molar-refractivity contribution in [3.05, 3.63) is 103 Å². The predicted molar refractivity (Wildman–Crippen MR) is 193 cm³/mol. The standard InChI is InChI=1S/C32H27N5O9S4/c1-33-21-10-11-22-23(16-21)35(13-6-14-50(44,45)46)25(34(22)2)12-9-20(19-7-4-3-5-8-19)15-24-29(42)36(17-26(38)39)31(48-24)28-30(43)37(18-27(40)41)32(47)49-28/h3-5,7-12,15-16H,6,13-14,17-18H2,2H3,(H,38,39)(H,40,41)(H,44,45,46)/p-1/b20-9?,24-15?,25-12?,31-28+. The maximum atomic E-state index is 13.7. The number of carboxylic acids is 2. The summed E-state index contributed by atoms with van der Waals surface area (Å²) in [7, 11) is -2.68. The van der Waals surface area contributed by atoms with Gasteiger partial charge in [0.2, 0.25) is 0 Å². The third-order valence-corrected chi connectivity index (χ3v) is 11.0. The first kappa shape index (κ1) is 36.2. The largest absolute Gasteiger partial charge is 0.748 e. The van der Waals surface area contributed by atoms with E-state index in [1.54, 1.807) is 78.7 Å². The van der Waals surface area contributed by atoms with Gasteiger partial charge in [-0.15, -0.1) is 11.3 Å². The van der Waals surface area contributed by atoms with Gasteiger partial charge < -0.3 is 24.6 Å². The van der Waals surface area contributed by atoms with Crippen molar-refractivity contribution in [1.29, 1.82) is 0 Å². The number of aliphatic carboxylic acids is 2. The number of nitrogens with zero attached hydrogens (tertiary/aromatic N) is 5. The zero-order chi connectivity index (χ0) is 36.3. The molecule has 3 heterocycles. The molecule has 1 fully saturated rings. The summed E-state index contributed by atoms with van der Waals surface area (Å²) in [6, 6.07) is 14.0. The lowest BCUT2D eigenvalue weighted by Crippen LogP contribution is -2.36. The van der Waals surface area contributed by atoms with Gasteiger partial charge in [0.05, 0.1) is 32.6 Å². The lowest BCUT2D eigenvalue weighted by atomic mass is 10.1. The lowest BCUT2D eigenvalue weighted by Gasteiger charge is -2.23. The molecule has 0 bridgehead atoms. The van der Waals surface area contributed by atoms with Crippen LogP contribution in [0.25, 0.3) is 21.4 Å². The SMILES string of the molecule is [C-]#[N+]c1ccc2c(c1)N(CCCS(=O)(=O)[O-])C(=CC=C(C=c1s/c(=C3/SC(=S)N(CC(=O)O)C3=O)n(CC(=O)O)c1=O)c1ccccc1)N2C. The second-order valence-corrected chi connectivity index (χ2v) is 15.0. The number of allylic oxidation sites excluding steroid dienone is 3. The van der Waals surface area contributed by atoms with Crippen molar-refractivity contribution in [2.45, 2.75) is 13.0 Å². The zero-order valence-electron chi connectivity index (χ0n) is 26.0. The molecule has 2 aliphatic rings. The van der Waals surface area contributed by atoms with Crippen molar-refractivity contribution in [3.63, 3.8) is 0 Å². The Balaban J connectivity index is 1.68. The van der Waals surface area contributed by atoms with E-state index in [4.69, 9.17) is 18.8 Å². The maximum Gasteiger partial charge on any atom is 0.323 e. The fourth-order valence-electron chi connectivity index (χ4n) is 5.27. The Hall–Kier alpha value is -5.06.